The van der Waals surface area contributed by atoms with Crippen molar-refractivity contribution >= 4 is 0 Å². The SMILES string of the molecule is CC=CCCC1CCC(c2ccc(OCC(F)CC3CCC(CCC)CC3)c(F)c2F)CC1. The van der Waals surface area contributed by atoms with E-state index in [9.17, 15) is 13.2 Å². The van der Waals surface area contributed by atoms with Gasteiger partial charge in [-0.1, -0.05) is 63.7 Å². The molecule has 1 unspecified atom stereocenters. The van der Waals surface area contributed by atoms with E-state index in [0.29, 0.717) is 23.8 Å². The first-order valence-electron chi connectivity index (χ1n) is 13.4. The Morgan fingerprint density at radius 3 is 2.21 bits per heavy atom. The molecule has 1 aromatic carbocycles. The topological polar surface area (TPSA) is 9.23 Å². The summed E-state index contributed by atoms with van der Waals surface area (Å²) >= 11 is 0. The van der Waals surface area contributed by atoms with Crippen molar-refractivity contribution in [2.75, 3.05) is 6.61 Å². The number of hydrogen-bond donors (Lipinski definition) is 0. The lowest BCUT2D eigenvalue weighted by molar-refractivity contribution is 0.142. The van der Waals surface area contributed by atoms with Gasteiger partial charge in [0.2, 0.25) is 5.82 Å². The number of alkyl halides is 1. The van der Waals surface area contributed by atoms with Gasteiger partial charge in [0.1, 0.15) is 12.8 Å². The molecule has 33 heavy (non-hydrogen) atoms. The molecule has 2 fully saturated rings. The summed E-state index contributed by atoms with van der Waals surface area (Å²) in [6.45, 7) is 4.05. The molecule has 2 aliphatic rings. The normalized spacial score (nSPS) is 27.1. The monoisotopic (exact) mass is 464 g/mol. The minimum absolute atomic E-state index is 0.0586. The van der Waals surface area contributed by atoms with Gasteiger partial charge in [-0.05, 0) is 87.2 Å². The van der Waals surface area contributed by atoms with E-state index in [4.69, 9.17) is 4.74 Å². The second-order valence-corrected chi connectivity index (χ2v) is 10.5. The van der Waals surface area contributed by atoms with Gasteiger partial charge in [0, 0.05) is 0 Å². The smallest absolute Gasteiger partial charge is 0.200 e. The van der Waals surface area contributed by atoms with Crippen molar-refractivity contribution in [1.29, 1.82) is 0 Å². The van der Waals surface area contributed by atoms with Crippen LogP contribution in [0.1, 0.15) is 109 Å². The molecule has 0 aliphatic heterocycles. The van der Waals surface area contributed by atoms with Crippen molar-refractivity contribution in [3.63, 3.8) is 0 Å². The van der Waals surface area contributed by atoms with Crippen LogP contribution in [0, 0.1) is 29.4 Å². The molecular weight excluding hydrogens is 421 g/mol. The molecule has 1 nitrogen and oxygen atoms in total. The van der Waals surface area contributed by atoms with E-state index in [-0.39, 0.29) is 18.3 Å². The zero-order valence-corrected chi connectivity index (χ0v) is 20.6. The van der Waals surface area contributed by atoms with E-state index in [0.717, 1.165) is 50.9 Å². The van der Waals surface area contributed by atoms with Crippen LogP contribution in [0.3, 0.4) is 0 Å². The van der Waals surface area contributed by atoms with Gasteiger partial charge in [0.05, 0.1) is 0 Å². The highest BCUT2D eigenvalue weighted by molar-refractivity contribution is 5.33. The third kappa shape index (κ3) is 7.79. The van der Waals surface area contributed by atoms with Gasteiger partial charge in [-0.2, -0.15) is 4.39 Å². The number of allylic oxidation sites excluding steroid dienone is 2. The zero-order valence-electron chi connectivity index (χ0n) is 20.6. The largest absolute Gasteiger partial charge is 0.487 e. The molecule has 1 aromatic rings. The third-order valence-corrected chi connectivity index (χ3v) is 8.01. The van der Waals surface area contributed by atoms with E-state index in [1.165, 1.54) is 38.2 Å². The van der Waals surface area contributed by atoms with Crippen LogP contribution in [-0.2, 0) is 0 Å². The van der Waals surface area contributed by atoms with Crippen LogP contribution in [0.4, 0.5) is 13.2 Å². The first-order valence-corrected chi connectivity index (χ1v) is 13.4. The molecule has 2 aliphatic carbocycles. The van der Waals surface area contributed by atoms with Gasteiger partial charge in [0.25, 0.3) is 0 Å². The molecule has 0 saturated heterocycles. The fourth-order valence-electron chi connectivity index (χ4n) is 6.01. The molecule has 186 valence electrons. The summed E-state index contributed by atoms with van der Waals surface area (Å²) in [5, 5.41) is 0. The summed E-state index contributed by atoms with van der Waals surface area (Å²) in [5.41, 5.74) is 0.451. The summed E-state index contributed by atoms with van der Waals surface area (Å²) in [6.07, 6.45) is 16.8. The van der Waals surface area contributed by atoms with Gasteiger partial charge in [0.15, 0.2) is 11.6 Å². The Morgan fingerprint density at radius 1 is 0.909 bits per heavy atom. The number of hydrogen-bond acceptors (Lipinski definition) is 1. The maximum Gasteiger partial charge on any atom is 0.200 e. The second-order valence-electron chi connectivity index (χ2n) is 10.5. The van der Waals surface area contributed by atoms with Crippen molar-refractivity contribution in [2.24, 2.45) is 17.8 Å². The molecule has 0 radical (unpaired) electrons. The highest BCUT2D eigenvalue weighted by atomic mass is 19.2. The first kappa shape index (κ1) is 26.2. The van der Waals surface area contributed by atoms with Crippen molar-refractivity contribution in [3.8, 4) is 5.75 Å². The van der Waals surface area contributed by atoms with Crippen molar-refractivity contribution in [3.05, 3.63) is 41.5 Å². The zero-order chi connectivity index (χ0) is 23.6. The Morgan fingerprint density at radius 2 is 1.55 bits per heavy atom. The fraction of sp³-hybridized carbons (Fsp3) is 0.724. The van der Waals surface area contributed by atoms with Gasteiger partial charge in [-0.15, -0.1) is 0 Å². The van der Waals surface area contributed by atoms with Crippen molar-refractivity contribution < 1.29 is 17.9 Å². The Kier molecular flexibility index (Phi) is 10.7. The molecule has 2 saturated carbocycles. The number of ether oxygens (including phenoxy) is 1. The van der Waals surface area contributed by atoms with E-state index >= 15 is 0 Å². The Hall–Kier alpha value is -1.45. The minimum Gasteiger partial charge on any atom is -0.487 e. The summed E-state index contributed by atoms with van der Waals surface area (Å²) in [7, 11) is 0. The average molecular weight is 465 g/mol. The van der Waals surface area contributed by atoms with E-state index in [1.54, 1.807) is 6.07 Å². The number of halogens is 3. The van der Waals surface area contributed by atoms with Gasteiger partial charge >= 0.3 is 0 Å². The lowest BCUT2D eigenvalue weighted by Crippen LogP contribution is -2.22. The molecule has 0 N–H and O–H groups in total. The Labute approximate surface area is 199 Å². The van der Waals surface area contributed by atoms with Crippen LogP contribution in [0.15, 0.2) is 24.3 Å². The van der Waals surface area contributed by atoms with E-state index < -0.39 is 17.8 Å². The molecule has 4 heteroatoms. The number of benzene rings is 1. The molecule has 0 amide bonds. The standard InChI is InChI=1S/C29H43F3O/c1-3-5-6-8-22-13-15-24(16-14-22)26-17-18-27(29(32)28(26)31)33-20-25(30)19-23-11-9-21(7-4-2)10-12-23/h3,5,17-18,21-25H,4,6-16,19-20H2,1-2H3. The lowest BCUT2D eigenvalue weighted by Gasteiger charge is -2.29. The van der Waals surface area contributed by atoms with Gasteiger partial charge < -0.3 is 4.74 Å². The second kappa shape index (κ2) is 13.4. The summed E-state index contributed by atoms with van der Waals surface area (Å²) in [5.74, 6) is -0.0206. The van der Waals surface area contributed by atoms with Crippen molar-refractivity contribution in [1.82, 2.24) is 0 Å². The lowest BCUT2D eigenvalue weighted by atomic mass is 9.77. The van der Waals surface area contributed by atoms with Crippen LogP contribution in [0.5, 0.6) is 5.75 Å². The van der Waals surface area contributed by atoms with Gasteiger partial charge in [-0.3, -0.25) is 0 Å². The van der Waals surface area contributed by atoms with Crippen LogP contribution in [0.2, 0.25) is 0 Å². The summed E-state index contributed by atoms with van der Waals surface area (Å²) in [4.78, 5) is 0. The molecule has 0 heterocycles. The third-order valence-electron chi connectivity index (χ3n) is 8.01. The Bertz CT molecular complexity index is 731. The fourth-order valence-corrected chi connectivity index (χ4v) is 6.01. The highest BCUT2D eigenvalue weighted by Crippen LogP contribution is 2.40. The highest BCUT2D eigenvalue weighted by Gasteiger charge is 2.27. The molecule has 0 aromatic heterocycles. The minimum atomic E-state index is -1.14. The van der Waals surface area contributed by atoms with E-state index in [2.05, 4.69) is 19.1 Å². The molecule has 0 bridgehead atoms. The maximum atomic E-state index is 14.8. The van der Waals surface area contributed by atoms with Crippen LogP contribution < -0.4 is 4.74 Å². The Balaban J connectivity index is 1.45. The van der Waals surface area contributed by atoms with Crippen molar-refractivity contribution in [2.45, 2.75) is 109 Å². The van der Waals surface area contributed by atoms with Crippen LogP contribution in [-0.4, -0.2) is 12.8 Å². The van der Waals surface area contributed by atoms with Gasteiger partial charge in [-0.25, -0.2) is 8.78 Å². The predicted octanol–water partition coefficient (Wildman–Crippen LogP) is 9.31. The predicted molar refractivity (Wildman–Crippen MR) is 130 cm³/mol. The quantitative estimate of drug-likeness (QED) is 0.296. The molecule has 3 rings (SSSR count). The molecular formula is C29H43F3O. The summed E-state index contributed by atoms with van der Waals surface area (Å²) in [6, 6.07) is 3.15. The van der Waals surface area contributed by atoms with Crippen LogP contribution in [0.25, 0.3) is 0 Å². The van der Waals surface area contributed by atoms with E-state index in [1.807, 2.05) is 6.92 Å². The van der Waals surface area contributed by atoms with Crippen LogP contribution >= 0.6 is 0 Å². The molecule has 0 spiro atoms. The number of rotatable bonds is 11. The summed E-state index contributed by atoms with van der Waals surface area (Å²) < 4.78 is 49.4. The molecule has 1 atom stereocenters. The first-order chi connectivity index (χ1) is 16.0. The average Bonchev–Trinajstić information content (AvgIpc) is 2.82. The maximum absolute atomic E-state index is 14.8.